The monoisotopic (exact) mass is 376 g/mol. The molecule has 0 bridgehead atoms. The number of aromatic nitrogens is 1. The lowest BCUT2D eigenvalue weighted by molar-refractivity contribution is 0.0988. The standard InChI is InChI=1S/C18H21FN4O2S/c1-18(6-7-26-16(20)22-18)12-8-11(4-5-13(12)19)9-15(24)14-10-25-17(21-14)23(2)3/h4-5,8,10H,6-7,9H2,1-3H3,(H2,20,22)/t18-/m0/s1. The number of carbonyl (C=O) groups is 1. The maximum Gasteiger partial charge on any atom is 0.297 e. The molecule has 0 amide bonds. The van der Waals surface area contributed by atoms with Crippen molar-refractivity contribution < 1.29 is 13.6 Å². The molecule has 2 N–H and O–H groups in total. The predicted octanol–water partition coefficient (Wildman–Crippen LogP) is 2.97. The zero-order valence-corrected chi connectivity index (χ0v) is 15.8. The lowest BCUT2D eigenvalue weighted by Crippen LogP contribution is -2.29. The van der Waals surface area contributed by atoms with Crippen LogP contribution in [0.25, 0.3) is 0 Å². The smallest absolute Gasteiger partial charge is 0.297 e. The van der Waals surface area contributed by atoms with E-state index in [9.17, 15) is 9.18 Å². The number of Topliss-reactive ketones (excluding diaryl/α,β-unsaturated/α-hetero) is 1. The molecule has 1 atom stereocenters. The first-order valence-corrected chi connectivity index (χ1v) is 9.20. The fourth-order valence-corrected chi connectivity index (χ4v) is 3.82. The molecule has 8 heteroatoms. The van der Waals surface area contributed by atoms with Crippen LogP contribution in [0, 0.1) is 5.82 Å². The number of anilines is 1. The minimum absolute atomic E-state index is 0.108. The first kappa shape index (κ1) is 18.4. The van der Waals surface area contributed by atoms with E-state index in [4.69, 9.17) is 10.2 Å². The molecule has 2 aromatic rings. The van der Waals surface area contributed by atoms with Gasteiger partial charge in [-0.2, -0.15) is 4.98 Å². The molecule has 0 spiro atoms. The summed E-state index contributed by atoms with van der Waals surface area (Å²) in [6, 6.07) is 5.06. The summed E-state index contributed by atoms with van der Waals surface area (Å²) < 4.78 is 19.7. The van der Waals surface area contributed by atoms with Gasteiger partial charge >= 0.3 is 0 Å². The lowest BCUT2D eigenvalue weighted by atomic mass is 9.87. The number of aliphatic imine (C=N–C) groups is 1. The number of hydrogen-bond donors (Lipinski definition) is 1. The highest BCUT2D eigenvalue weighted by Crippen LogP contribution is 2.36. The van der Waals surface area contributed by atoms with Crippen molar-refractivity contribution in [3.05, 3.63) is 47.1 Å². The fourth-order valence-electron chi connectivity index (χ4n) is 2.85. The number of halogens is 1. The zero-order valence-electron chi connectivity index (χ0n) is 15.0. The Bertz CT molecular complexity index is 865. The van der Waals surface area contributed by atoms with Crippen LogP contribution in [0.1, 0.15) is 35.0 Å². The van der Waals surface area contributed by atoms with Crippen molar-refractivity contribution in [3.63, 3.8) is 0 Å². The molecular weight excluding hydrogens is 355 g/mol. The van der Waals surface area contributed by atoms with Gasteiger partial charge in [-0.25, -0.2) is 4.39 Å². The summed E-state index contributed by atoms with van der Waals surface area (Å²) in [4.78, 5) is 22.7. The van der Waals surface area contributed by atoms with Crippen LogP contribution in [0.15, 0.2) is 33.9 Å². The van der Waals surface area contributed by atoms with Crippen LogP contribution in [-0.4, -0.2) is 35.8 Å². The van der Waals surface area contributed by atoms with Gasteiger partial charge in [0.05, 0.1) is 5.54 Å². The molecule has 0 radical (unpaired) electrons. The van der Waals surface area contributed by atoms with Gasteiger partial charge in [-0.1, -0.05) is 17.8 Å². The van der Waals surface area contributed by atoms with Gasteiger partial charge < -0.3 is 15.1 Å². The Labute approximate surface area is 155 Å². The highest BCUT2D eigenvalue weighted by molar-refractivity contribution is 8.13. The SMILES string of the molecule is CN(C)c1nc(C(=O)Cc2ccc(F)c([C@]3(C)CCSC(N)=N3)c2)co1. The molecule has 138 valence electrons. The molecule has 0 saturated heterocycles. The number of benzene rings is 1. The molecule has 0 unspecified atom stereocenters. The fraction of sp³-hybridized carbons (Fsp3) is 0.389. The van der Waals surface area contributed by atoms with Gasteiger partial charge in [0.1, 0.15) is 17.8 Å². The minimum atomic E-state index is -0.718. The summed E-state index contributed by atoms with van der Waals surface area (Å²) in [6.07, 6.45) is 2.13. The van der Waals surface area contributed by atoms with Crippen LogP contribution < -0.4 is 10.6 Å². The average Bonchev–Trinajstić information content (AvgIpc) is 3.07. The van der Waals surface area contributed by atoms with Gasteiger partial charge in [0, 0.05) is 31.8 Å². The van der Waals surface area contributed by atoms with E-state index in [1.807, 2.05) is 6.92 Å². The molecule has 1 aliphatic heterocycles. The highest BCUT2D eigenvalue weighted by atomic mass is 32.2. The van der Waals surface area contributed by atoms with Crippen molar-refractivity contribution in [2.24, 2.45) is 10.7 Å². The average molecular weight is 376 g/mol. The Balaban J connectivity index is 1.85. The summed E-state index contributed by atoms with van der Waals surface area (Å²) in [5.41, 5.74) is 6.53. The van der Waals surface area contributed by atoms with E-state index in [-0.39, 0.29) is 23.7 Å². The topological polar surface area (TPSA) is 84.7 Å². The number of hydrogen-bond acceptors (Lipinski definition) is 7. The van der Waals surface area contributed by atoms with E-state index in [1.54, 1.807) is 31.1 Å². The Hall–Kier alpha value is -2.35. The van der Waals surface area contributed by atoms with Crippen LogP contribution in [0.3, 0.4) is 0 Å². The maximum atomic E-state index is 14.4. The van der Waals surface area contributed by atoms with Gasteiger partial charge in [-0.3, -0.25) is 9.79 Å². The molecule has 1 aromatic carbocycles. The van der Waals surface area contributed by atoms with E-state index in [0.29, 0.717) is 28.7 Å². The van der Waals surface area contributed by atoms with Gasteiger partial charge in [-0.15, -0.1) is 0 Å². The molecule has 3 rings (SSSR count). The van der Waals surface area contributed by atoms with Gasteiger partial charge in [0.15, 0.2) is 11.0 Å². The second-order valence-corrected chi connectivity index (χ2v) is 7.76. The number of nitrogens with zero attached hydrogens (tertiary/aromatic N) is 3. The largest absolute Gasteiger partial charge is 0.431 e. The molecule has 26 heavy (non-hydrogen) atoms. The zero-order chi connectivity index (χ0) is 18.9. The Morgan fingerprint density at radius 2 is 2.23 bits per heavy atom. The molecule has 2 heterocycles. The molecule has 0 saturated carbocycles. The van der Waals surface area contributed by atoms with Crippen molar-refractivity contribution >= 4 is 28.7 Å². The Morgan fingerprint density at radius 3 is 2.88 bits per heavy atom. The van der Waals surface area contributed by atoms with Crippen LogP contribution in [0.4, 0.5) is 10.4 Å². The van der Waals surface area contributed by atoms with Gasteiger partial charge in [-0.05, 0) is 31.0 Å². The normalized spacial score (nSPS) is 19.9. The third kappa shape index (κ3) is 3.75. The summed E-state index contributed by atoms with van der Waals surface area (Å²) in [5.74, 6) is 0.246. The van der Waals surface area contributed by atoms with E-state index >= 15 is 0 Å². The minimum Gasteiger partial charge on any atom is -0.431 e. The van der Waals surface area contributed by atoms with E-state index < -0.39 is 5.54 Å². The number of amidine groups is 1. The van der Waals surface area contributed by atoms with Gasteiger partial charge in [0.2, 0.25) is 0 Å². The number of ketones is 1. The number of nitrogens with two attached hydrogens (primary N) is 1. The first-order chi connectivity index (χ1) is 12.3. The second kappa shape index (κ2) is 7.11. The molecule has 0 aliphatic carbocycles. The third-order valence-electron chi connectivity index (χ3n) is 4.33. The van der Waals surface area contributed by atoms with Crippen LogP contribution >= 0.6 is 11.8 Å². The number of oxazole rings is 1. The van der Waals surface area contributed by atoms with E-state index in [0.717, 1.165) is 5.75 Å². The van der Waals surface area contributed by atoms with Crippen molar-refractivity contribution in [1.29, 1.82) is 0 Å². The van der Waals surface area contributed by atoms with Crippen LogP contribution in [0.2, 0.25) is 0 Å². The molecule has 6 nitrogen and oxygen atoms in total. The quantitative estimate of drug-likeness (QED) is 0.808. The summed E-state index contributed by atoms with van der Waals surface area (Å²) in [5, 5.41) is 0.457. The first-order valence-electron chi connectivity index (χ1n) is 8.21. The van der Waals surface area contributed by atoms with Crippen molar-refractivity contribution in [1.82, 2.24) is 4.98 Å². The molecule has 1 aliphatic rings. The van der Waals surface area contributed by atoms with E-state index in [2.05, 4.69) is 9.98 Å². The highest BCUT2D eigenvalue weighted by Gasteiger charge is 2.32. The third-order valence-corrected chi connectivity index (χ3v) is 5.13. The maximum absolute atomic E-state index is 14.4. The van der Waals surface area contributed by atoms with Crippen molar-refractivity contribution in [2.45, 2.75) is 25.3 Å². The summed E-state index contributed by atoms with van der Waals surface area (Å²) >= 11 is 1.47. The van der Waals surface area contributed by atoms with Crippen molar-refractivity contribution in [2.75, 3.05) is 24.7 Å². The van der Waals surface area contributed by atoms with Crippen LogP contribution in [0.5, 0.6) is 0 Å². The molecule has 0 fully saturated rings. The Morgan fingerprint density at radius 1 is 1.46 bits per heavy atom. The summed E-state index contributed by atoms with van der Waals surface area (Å²) in [6.45, 7) is 1.87. The van der Waals surface area contributed by atoms with E-state index in [1.165, 1.54) is 24.1 Å². The molecular formula is C18H21FN4O2S. The summed E-state index contributed by atoms with van der Waals surface area (Å²) in [7, 11) is 3.56. The Kier molecular flexibility index (Phi) is 5.04. The lowest BCUT2D eigenvalue weighted by Gasteiger charge is -2.30. The molecule has 1 aromatic heterocycles. The number of rotatable bonds is 5. The number of carbonyl (C=O) groups excluding carboxylic acids is 1. The van der Waals surface area contributed by atoms with Gasteiger partial charge in [0.25, 0.3) is 6.01 Å². The van der Waals surface area contributed by atoms with Crippen molar-refractivity contribution in [3.8, 4) is 0 Å². The number of thioether (sulfide) groups is 1. The van der Waals surface area contributed by atoms with Crippen LogP contribution in [-0.2, 0) is 12.0 Å². The second-order valence-electron chi connectivity index (χ2n) is 6.65. The predicted molar refractivity (Wildman–Crippen MR) is 101 cm³/mol.